The van der Waals surface area contributed by atoms with E-state index in [0.29, 0.717) is 0 Å². The van der Waals surface area contributed by atoms with E-state index in [-0.39, 0.29) is 0 Å². The van der Waals surface area contributed by atoms with Gasteiger partial charge in [-0.15, -0.1) is 0 Å². The van der Waals surface area contributed by atoms with Crippen molar-refractivity contribution in [3.63, 3.8) is 0 Å². The zero-order valence-corrected chi connectivity index (χ0v) is 38.2. The number of anilines is 8. The zero-order valence-electron chi connectivity index (χ0n) is 34.7. The van der Waals surface area contributed by atoms with Crippen molar-refractivity contribution in [2.24, 2.45) is 18.1 Å². The van der Waals surface area contributed by atoms with Gasteiger partial charge in [0, 0.05) is 45.5 Å². The third-order valence-electron chi connectivity index (χ3n) is 9.51. The van der Waals surface area contributed by atoms with E-state index in [0.717, 1.165) is 45.5 Å². The van der Waals surface area contributed by atoms with Crippen LogP contribution in [-0.4, -0.2) is 0 Å². The summed E-state index contributed by atoms with van der Waals surface area (Å²) in [5, 5.41) is 31.2. The standard InChI is InChI=1S/C48H48N12P4/c1-9-25-41(26-10-1)49-61(50-42-27-11-2-12-28-42)57-62(51-43-29-13-3-14-30-43,52-44-31-15-4-16-32-44)59-64(55-47-37-21-7-22-38-47,56-48-39-23-8-24-40-48)60-63(58-61,53-45-33-17-5-18-34-45)54-46-35-19-6-20-36-46/h1-40,49-56H. The molecule has 12 nitrogen and oxygen atoms in total. The van der Waals surface area contributed by atoms with Crippen molar-refractivity contribution in [3.05, 3.63) is 243 Å². The van der Waals surface area contributed by atoms with Gasteiger partial charge < -0.3 is 40.7 Å². The number of nitrogens with one attached hydrogen (secondary N) is 8. The molecule has 0 amide bonds. The summed E-state index contributed by atoms with van der Waals surface area (Å²) < 4.78 is 24.5. The fourth-order valence-corrected chi connectivity index (χ4v) is 21.8. The van der Waals surface area contributed by atoms with Crippen LogP contribution in [0.3, 0.4) is 0 Å². The summed E-state index contributed by atoms with van der Waals surface area (Å²) >= 11 is 0. The molecule has 16 heteroatoms. The molecule has 0 aliphatic carbocycles. The molecule has 0 saturated heterocycles. The van der Waals surface area contributed by atoms with Gasteiger partial charge in [-0.1, -0.05) is 146 Å². The van der Waals surface area contributed by atoms with Crippen molar-refractivity contribution < 1.29 is 0 Å². The van der Waals surface area contributed by atoms with Crippen molar-refractivity contribution >= 4 is 75.5 Å². The summed E-state index contributed by atoms with van der Waals surface area (Å²) in [7, 11) is -14.2. The molecule has 1 aliphatic heterocycles. The normalized spacial score (nSPS) is 15.2. The van der Waals surface area contributed by atoms with Crippen LogP contribution in [0.15, 0.2) is 261 Å². The summed E-state index contributed by atoms with van der Waals surface area (Å²) in [6.07, 6.45) is 0. The summed E-state index contributed by atoms with van der Waals surface area (Å²) in [6, 6.07) is 80.5. The maximum absolute atomic E-state index is 6.12. The van der Waals surface area contributed by atoms with E-state index >= 15 is 0 Å². The van der Waals surface area contributed by atoms with E-state index in [2.05, 4.69) is 40.7 Å². The predicted molar refractivity (Wildman–Crippen MR) is 278 cm³/mol. The van der Waals surface area contributed by atoms with Gasteiger partial charge in [-0.05, 0) is 97.1 Å². The second-order valence-electron chi connectivity index (χ2n) is 14.6. The van der Waals surface area contributed by atoms with Crippen LogP contribution in [0.2, 0.25) is 0 Å². The first-order valence-corrected chi connectivity index (χ1v) is 27.5. The Kier molecular flexibility index (Phi) is 13.0. The zero-order chi connectivity index (χ0) is 43.4. The Morgan fingerprint density at radius 2 is 0.281 bits per heavy atom. The lowest BCUT2D eigenvalue weighted by Gasteiger charge is -2.38. The van der Waals surface area contributed by atoms with Crippen LogP contribution >= 0.6 is 30.0 Å². The molecule has 320 valence electrons. The number of rotatable bonds is 16. The average Bonchev–Trinajstić information content (AvgIpc) is 3.31. The first kappa shape index (κ1) is 42.4. The Balaban J connectivity index is 1.48. The van der Waals surface area contributed by atoms with Gasteiger partial charge in [-0.3, -0.25) is 0 Å². The van der Waals surface area contributed by atoms with E-state index < -0.39 is 30.0 Å². The van der Waals surface area contributed by atoms with Gasteiger partial charge in [-0.2, -0.15) is 18.1 Å². The Hall–Kier alpha value is -6.92. The van der Waals surface area contributed by atoms with E-state index in [4.69, 9.17) is 18.1 Å². The lowest BCUT2D eigenvalue weighted by atomic mass is 10.3. The van der Waals surface area contributed by atoms with Crippen molar-refractivity contribution in [1.29, 1.82) is 0 Å². The van der Waals surface area contributed by atoms with Crippen molar-refractivity contribution in [1.82, 2.24) is 0 Å². The maximum atomic E-state index is 6.12. The molecule has 0 fully saturated rings. The lowest BCUT2D eigenvalue weighted by molar-refractivity contribution is 1.49. The molecule has 9 rings (SSSR count). The minimum Gasteiger partial charge on any atom is -0.319 e. The van der Waals surface area contributed by atoms with Crippen LogP contribution in [0.1, 0.15) is 0 Å². The predicted octanol–water partition coefficient (Wildman–Crippen LogP) is 16.7. The van der Waals surface area contributed by atoms with Crippen LogP contribution in [0.25, 0.3) is 0 Å². The van der Waals surface area contributed by atoms with Gasteiger partial charge in [0.15, 0.2) is 0 Å². The number of hydrogen-bond acceptors (Lipinski definition) is 12. The van der Waals surface area contributed by atoms with E-state index in [9.17, 15) is 0 Å². The molecular weight excluding hydrogens is 869 g/mol. The van der Waals surface area contributed by atoms with Crippen LogP contribution < -0.4 is 40.7 Å². The quantitative estimate of drug-likeness (QED) is 0.0447. The number of hydrogen-bond donors (Lipinski definition) is 8. The molecule has 0 aromatic heterocycles. The van der Waals surface area contributed by atoms with Gasteiger partial charge in [0.1, 0.15) is 0 Å². The minimum atomic E-state index is -3.54. The molecule has 8 N–H and O–H groups in total. The highest BCUT2D eigenvalue weighted by Crippen LogP contribution is 2.77. The summed E-state index contributed by atoms with van der Waals surface area (Å²) in [5.41, 5.74) is 6.51. The van der Waals surface area contributed by atoms with E-state index in [1.54, 1.807) is 0 Å². The smallest absolute Gasteiger partial charge is 0.268 e. The topological polar surface area (TPSA) is 146 Å². The molecule has 64 heavy (non-hydrogen) atoms. The molecule has 1 heterocycles. The summed E-state index contributed by atoms with van der Waals surface area (Å²) in [4.78, 5) is 0. The lowest BCUT2D eigenvalue weighted by Crippen LogP contribution is -2.16. The molecule has 1 aliphatic rings. The second kappa shape index (κ2) is 19.6. The summed E-state index contributed by atoms with van der Waals surface area (Å²) in [6.45, 7) is 0. The summed E-state index contributed by atoms with van der Waals surface area (Å²) in [5.74, 6) is 0. The molecule has 0 saturated carbocycles. The highest BCUT2D eigenvalue weighted by Gasteiger charge is 2.40. The Morgan fingerprint density at radius 3 is 0.391 bits per heavy atom. The van der Waals surface area contributed by atoms with Gasteiger partial charge in [-0.25, -0.2) is 0 Å². The fourth-order valence-electron chi connectivity index (χ4n) is 6.83. The van der Waals surface area contributed by atoms with Crippen LogP contribution in [-0.2, 0) is 0 Å². The Labute approximate surface area is 375 Å². The van der Waals surface area contributed by atoms with E-state index in [1.807, 2.05) is 243 Å². The van der Waals surface area contributed by atoms with Gasteiger partial charge in [0.25, 0.3) is 30.0 Å². The molecule has 0 radical (unpaired) electrons. The van der Waals surface area contributed by atoms with Crippen LogP contribution in [0.5, 0.6) is 0 Å². The molecule has 0 bridgehead atoms. The highest BCUT2D eigenvalue weighted by molar-refractivity contribution is 7.90. The van der Waals surface area contributed by atoms with Gasteiger partial charge in [0.2, 0.25) is 0 Å². The molecular formula is C48H48N12P4. The largest absolute Gasteiger partial charge is 0.319 e. The second-order valence-corrected chi connectivity index (χ2v) is 24.0. The van der Waals surface area contributed by atoms with E-state index in [1.165, 1.54) is 0 Å². The number of benzene rings is 8. The molecule has 0 atom stereocenters. The molecule has 8 aromatic carbocycles. The first-order chi connectivity index (χ1) is 31.5. The van der Waals surface area contributed by atoms with Gasteiger partial charge >= 0.3 is 0 Å². The van der Waals surface area contributed by atoms with Crippen molar-refractivity contribution in [3.8, 4) is 0 Å². The molecule has 8 aromatic rings. The SMILES string of the molecule is c1ccc(NP2(Nc3ccccc3)=NP(Nc3ccccc3)(Nc3ccccc3)=NP(Nc3ccccc3)(Nc3ccccc3)=NP(Nc3ccccc3)(Nc3ccccc3)=N2)cc1. The fraction of sp³-hybridized carbons (Fsp3) is 0. The minimum absolute atomic E-state index is 0.813. The first-order valence-electron chi connectivity index (χ1n) is 20.7. The average molecular weight is 917 g/mol. The van der Waals surface area contributed by atoms with Crippen LogP contribution in [0.4, 0.5) is 45.5 Å². The van der Waals surface area contributed by atoms with Crippen molar-refractivity contribution in [2.75, 3.05) is 40.7 Å². The number of nitrogens with zero attached hydrogens (tertiary/aromatic N) is 4. The molecule has 0 spiro atoms. The Morgan fingerprint density at radius 1 is 0.172 bits per heavy atom. The maximum Gasteiger partial charge on any atom is 0.268 e. The van der Waals surface area contributed by atoms with Crippen LogP contribution in [0, 0.1) is 0 Å². The molecule has 0 unspecified atom stereocenters. The monoisotopic (exact) mass is 916 g/mol. The van der Waals surface area contributed by atoms with Gasteiger partial charge in [0.05, 0.1) is 0 Å². The highest BCUT2D eigenvalue weighted by atomic mass is 31.3. The Bertz CT molecular complexity index is 2350. The van der Waals surface area contributed by atoms with Crippen molar-refractivity contribution in [2.45, 2.75) is 0 Å². The third-order valence-corrected chi connectivity index (χ3v) is 22.4. The third kappa shape index (κ3) is 11.0. The number of para-hydroxylation sites is 8.